The van der Waals surface area contributed by atoms with Crippen molar-refractivity contribution in [2.45, 2.75) is 39.2 Å². The molecule has 0 saturated carbocycles. The molecular formula is C25H28ClF2N5O2. The van der Waals surface area contributed by atoms with Crippen molar-refractivity contribution in [1.82, 2.24) is 20.1 Å². The summed E-state index contributed by atoms with van der Waals surface area (Å²) < 4.78 is 34.1. The van der Waals surface area contributed by atoms with Gasteiger partial charge in [0.25, 0.3) is 0 Å². The molecule has 1 aromatic carbocycles. The third-order valence-electron chi connectivity index (χ3n) is 6.51. The first-order valence-corrected chi connectivity index (χ1v) is 11.8. The summed E-state index contributed by atoms with van der Waals surface area (Å²) >= 11 is 5.92. The topological polar surface area (TPSA) is 83.1 Å². The van der Waals surface area contributed by atoms with Crippen molar-refractivity contribution in [1.29, 1.82) is 0 Å². The second-order valence-corrected chi connectivity index (χ2v) is 9.51. The number of rotatable bonds is 8. The zero-order valence-corrected chi connectivity index (χ0v) is 20.5. The van der Waals surface area contributed by atoms with Crippen LogP contribution in [0.4, 0.5) is 20.4 Å². The molecule has 1 aliphatic heterocycles. The summed E-state index contributed by atoms with van der Waals surface area (Å²) in [6.45, 7) is 3.53. The van der Waals surface area contributed by atoms with Gasteiger partial charge in [0.2, 0.25) is 0 Å². The summed E-state index contributed by atoms with van der Waals surface area (Å²) in [7, 11) is 1.35. The van der Waals surface area contributed by atoms with Gasteiger partial charge in [-0.05, 0) is 62.9 Å². The number of aromatic nitrogens is 3. The maximum absolute atomic E-state index is 14.8. The van der Waals surface area contributed by atoms with Crippen molar-refractivity contribution in [2.24, 2.45) is 5.41 Å². The van der Waals surface area contributed by atoms with E-state index in [1.807, 2.05) is 13.0 Å². The van der Waals surface area contributed by atoms with E-state index in [1.165, 1.54) is 19.2 Å². The van der Waals surface area contributed by atoms with Gasteiger partial charge in [0, 0.05) is 23.9 Å². The normalized spacial score (nSPS) is 15.7. The molecule has 7 nitrogen and oxygen atoms in total. The van der Waals surface area contributed by atoms with Crippen LogP contribution in [0.15, 0.2) is 36.4 Å². The number of anilines is 2. The Morgan fingerprint density at radius 1 is 1.23 bits per heavy atom. The predicted molar refractivity (Wildman–Crippen MR) is 129 cm³/mol. The molecule has 0 aliphatic carbocycles. The number of hydrogen-bond donors (Lipinski definition) is 2. The number of H-pyrrole nitrogens is 1. The van der Waals surface area contributed by atoms with E-state index in [0.717, 1.165) is 5.69 Å². The molecule has 3 heterocycles. The summed E-state index contributed by atoms with van der Waals surface area (Å²) in [5, 5.41) is 10.1. The molecule has 3 aromatic rings. The molecule has 0 unspecified atom stereocenters. The number of halogens is 3. The maximum Gasteiger partial charge on any atom is 0.306 e. The second-order valence-electron chi connectivity index (χ2n) is 9.10. The minimum Gasteiger partial charge on any atom is -0.469 e. The van der Waals surface area contributed by atoms with E-state index in [4.69, 9.17) is 16.3 Å². The number of aromatic amines is 1. The number of carbonyl (C=O) groups excluding carboxylic acids is 1. The highest BCUT2D eigenvalue weighted by Crippen LogP contribution is 2.40. The van der Waals surface area contributed by atoms with Crippen LogP contribution in [-0.2, 0) is 22.5 Å². The average Bonchev–Trinajstić information content (AvgIpc) is 3.25. The molecule has 2 N–H and O–H groups in total. The Balaban J connectivity index is 1.50. The molecule has 10 heteroatoms. The van der Waals surface area contributed by atoms with Crippen LogP contribution < -0.4 is 5.32 Å². The van der Waals surface area contributed by atoms with Gasteiger partial charge in [0.1, 0.15) is 17.5 Å². The lowest BCUT2D eigenvalue weighted by molar-refractivity contribution is -0.144. The highest BCUT2D eigenvalue weighted by molar-refractivity contribution is 6.30. The van der Waals surface area contributed by atoms with Gasteiger partial charge in [-0.1, -0.05) is 23.7 Å². The Hall–Kier alpha value is -3.04. The van der Waals surface area contributed by atoms with Crippen molar-refractivity contribution in [2.75, 3.05) is 25.5 Å². The van der Waals surface area contributed by atoms with Gasteiger partial charge in [-0.15, -0.1) is 0 Å². The predicted octanol–water partition coefficient (Wildman–Crippen LogP) is 5.18. The fourth-order valence-corrected chi connectivity index (χ4v) is 4.73. The summed E-state index contributed by atoms with van der Waals surface area (Å²) in [6.07, 6.45) is 1.66. The van der Waals surface area contributed by atoms with Crippen LogP contribution in [-0.4, -0.2) is 46.2 Å². The summed E-state index contributed by atoms with van der Waals surface area (Å²) in [4.78, 5) is 18.9. The van der Waals surface area contributed by atoms with Crippen LogP contribution in [0.2, 0.25) is 5.02 Å². The third-order valence-corrected chi connectivity index (χ3v) is 6.80. The van der Waals surface area contributed by atoms with Crippen molar-refractivity contribution in [3.8, 4) is 0 Å². The van der Waals surface area contributed by atoms with Crippen LogP contribution >= 0.6 is 11.6 Å². The lowest BCUT2D eigenvalue weighted by atomic mass is 9.72. The van der Waals surface area contributed by atoms with Gasteiger partial charge >= 0.3 is 5.97 Å². The minimum atomic E-state index is -0.522. The van der Waals surface area contributed by atoms with E-state index < -0.39 is 17.0 Å². The molecule has 2 aromatic heterocycles. The Morgan fingerprint density at radius 2 is 2.00 bits per heavy atom. The number of nitrogens with one attached hydrogen (secondary N) is 2. The van der Waals surface area contributed by atoms with Gasteiger partial charge in [0.15, 0.2) is 5.82 Å². The Labute approximate surface area is 207 Å². The smallest absolute Gasteiger partial charge is 0.306 e. The largest absolute Gasteiger partial charge is 0.469 e. The van der Waals surface area contributed by atoms with Crippen molar-refractivity contribution >= 4 is 29.2 Å². The summed E-state index contributed by atoms with van der Waals surface area (Å²) in [6, 6.07) is 9.71. The highest BCUT2D eigenvalue weighted by atomic mass is 35.5. The van der Waals surface area contributed by atoms with E-state index in [9.17, 15) is 13.6 Å². The van der Waals surface area contributed by atoms with Crippen molar-refractivity contribution < 1.29 is 18.3 Å². The van der Waals surface area contributed by atoms with Gasteiger partial charge < -0.3 is 10.1 Å². The Morgan fingerprint density at radius 3 is 2.69 bits per heavy atom. The molecule has 186 valence electrons. The number of likely N-dealkylation sites (tertiary alicyclic amines) is 1. The highest BCUT2D eigenvalue weighted by Gasteiger charge is 2.38. The van der Waals surface area contributed by atoms with Crippen molar-refractivity contribution in [3.05, 3.63) is 70.0 Å². The molecule has 35 heavy (non-hydrogen) atoms. The van der Waals surface area contributed by atoms with Crippen LogP contribution in [0.25, 0.3) is 0 Å². The summed E-state index contributed by atoms with van der Waals surface area (Å²) in [5.74, 6) is -0.140. The number of hydrogen-bond acceptors (Lipinski definition) is 6. The SMILES string of the molecule is COC(=O)CC1(Cc2nc(Nc3cc(C)[nH]n3)ccc2F)CCN(Cc2cccc(Cl)c2F)CC1. The van der Waals surface area contributed by atoms with E-state index in [0.29, 0.717) is 49.7 Å². The number of nitrogens with zero attached hydrogens (tertiary/aromatic N) is 3. The Bertz CT molecular complexity index is 1190. The molecule has 0 radical (unpaired) electrons. The third kappa shape index (κ3) is 6.15. The van der Waals surface area contributed by atoms with Crippen molar-refractivity contribution in [3.63, 3.8) is 0 Å². The summed E-state index contributed by atoms with van der Waals surface area (Å²) in [5.41, 5.74) is 1.17. The first kappa shape index (κ1) is 25.1. The van der Waals surface area contributed by atoms with Crippen LogP contribution in [0, 0.1) is 24.0 Å². The maximum atomic E-state index is 14.8. The van der Waals surface area contributed by atoms with E-state index >= 15 is 0 Å². The van der Waals surface area contributed by atoms with Crippen LogP contribution in [0.5, 0.6) is 0 Å². The number of aryl methyl sites for hydroxylation is 1. The van der Waals surface area contributed by atoms with Crippen LogP contribution in [0.3, 0.4) is 0 Å². The number of esters is 1. The van der Waals surface area contributed by atoms with E-state index in [2.05, 4.69) is 25.4 Å². The second kappa shape index (κ2) is 10.7. The lowest BCUT2D eigenvalue weighted by Gasteiger charge is -2.41. The number of benzene rings is 1. The molecule has 0 atom stereocenters. The zero-order valence-electron chi connectivity index (χ0n) is 19.7. The van der Waals surface area contributed by atoms with Gasteiger partial charge in [-0.25, -0.2) is 13.8 Å². The molecule has 1 aliphatic rings. The average molecular weight is 504 g/mol. The number of methoxy groups -OCH3 is 1. The molecule has 0 bridgehead atoms. The molecule has 0 spiro atoms. The van der Waals surface area contributed by atoms with Gasteiger partial charge in [-0.3, -0.25) is 14.8 Å². The van der Waals surface area contributed by atoms with Gasteiger partial charge in [-0.2, -0.15) is 5.10 Å². The number of carbonyl (C=O) groups is 1. The molecule has 4 rings (SSSR count). The minimum absolute atomic E-state index is 0.0968. The fourth-order valence-electron chi connectivity index (χ4n) is 4.54. The fraction of sp³-hybridized carbons (Fsp3) is 0.400. The number of piperidine rings is 1. The van der Waals surface area contributed by atoms with E-state index in [1.54, 1.807) is 18.2 Å². The number of ether oxygens (including phenoxy) is 1. The number of pyridine rings is 1. The standard InChI is InChI=1S/C25H28ClF2N5O2/c1-16-12-22(32-31-16)30-21-7-6-19(27)20(29-21)13-25(14-23(34)35-2)8-10-33(11-9-25)15-17-4-3-5-18(26)24(17)28/h3-7,12H,8-11,13-15H2,1-2H3,(H2,29,30,31,32). The molecule has 0 amide bonds. The lowest BCUT2D eigenvalue weighted by Crippen LogP contribution is -2.42. The zero-order chi connectivity index (χ0) is 25.0. The molecule has 1 fully saturated rings. The monoisotopic (exact) mass is 503 g/mol. The Kier molecular flexibility index (Phi) is 7.66. The first-order chi connectivity index (χ1) is 16.8. The van der Waals surface area contributed by atoms with E-state index in [-0.39, 0.29) is 29.5 Å². The molecule has 1 saturated heterocycles. The van der Waals surface area contributed by atoms with Crippen LogP contribution in [0.1, 0.15) is 36.2 Å². The van der Waals surface area contributed by atoms with Gasteiger partial charge in [0.05, 0.1) is 24.2 Å². The molecular weight excluding hydrogens is 476 g/mol. The first-order valence-electron chi connectivity index (χ1n) is 11.4. The quantitative estimate of drug-likeness (QED) is 0.412.